The van der Waals surface area contributed by atoms with Crippen molar-refractivity contribution < 1.29 is 14.6 Å². The van der Waals surface area contributed by atoms with Gasteiger partial charge in [-0.3, -0.25) is 4.79 Å². The summed E-state index contributed by atoms with van der Waals surface area (Å²) < 4.78 is 5.51. The van der Waals surface area contributed by atoms with Gasteiger partial charge in [-0.25, -0.2) is 0 Å². The molecule has 0 saturated carbocycles. The van der Waals surface area contributed by atoms with Crippen molar-refractivity contribution in [2.45, 2.75) is 32.5 Å². The Morgan fingerprint density at radius 2 is 2.31 bits per heavy atom. The van der Waals surface area contributed by atoms with Gasteiger partial charge < -0.3 is 9.84 Å². The molecule has 1 N–H and O–H groups in total. The number of aliphatic carboxylic acids is 1. The molecule has 0 aliphatic carbocycles. The second-order valence-corrected chi connectivity index (χ2v) is 4.12. The number of halogens is 1. The van der Waals surface area contributed by atoms with Crippen molar-refractivity contribution in [2.24, 2.45) is 0 Å². The van der Waals surface area contributed by atoms with Gasteiger partial charge in [0.2, 0.25) is 0 Å². The van der Waals surface area contributed by atoms with E-state index in [1.165, 1.54) is 0 Å². The zero-order chi connectivity index (χ0) is 12.0. The summed E-state index contributed by atoms with van der Waals surface area (Å²) in [5.74, 6) is -0.793. The molecule has 88 valence electrons. The van der Waals surface area contributed by atoms with Crippen LogP contribution in [0, 0.1) is 0 Å². The Labute approximate surface area is 100.0 Å². The van der Waals surface area contributed by atoms with Crippen LogP contribution in [0.3, 0.4) is 0 Å². The first-order valence-electron chi connectivity index (χ1n) is 5.16. The predicted octanol–water partition coefficient (Wildman–Crippen LogP) is 3.11. The number of carboxylic acids is 1. The molecule has 16 heavy (non-hydrogen) atoms. The Hall–Kier alpha value is -1.06. The summed E-state index contributed by atoms with van der Waals surface area (Å²) in [7, 11) is 0. The third kappa shape index (κ3) is 5.14. The van der Waals surface area contributed by atoms with Gasteiger partial charge in [0.25, 0.3) is 0 Å². The number of rotatable bonds is 6. The molecule has 0 heterocycles. The maximum Gasteiger partial charge on any atom is 0.303 e. The summed E-state index contributed by atoms with van der Waals surface area (Å²) in [6, 6.07) is 7.43. The van der Waals surface area contributed by atoms with Crippen LogP contribution in [0.25, 0.3) is 0 Å². The first kappa shape index (κ1) is 13.0. The zero-order valence-corrected chi connectivity index (χ0v) is 9.91. The van der Waals surface area contributed by atoms with E-state index >= 15 is 0 Å². The van der Waals surface area contributed by atoms with Gasteiger partial charge in [-0.1, -0.05) is 23.7 Å². The number of carbonyl (C=O) groups is 1. The fraction of sp³-hybridized carbons (Fsp3) is 0.417. The van der Waals surface area contributed by atoms with Crippen LogP contribution in [0.1, 0.15) is 25.3 Å². The summed E-state index contributed by atoms with van der Waals surface area (Å²) >= 11 is 5.83. The molecule has 0 aliphatic heterocycles. The van der Waals surface area contributed by atoms with Crippen molar-refractivity contribution >= 4 is 17.6 Å². The molecule has 0 saturated heterocycles. The van der Waals surface area contributed by atoms with Crippen LogP contribution in [-0.2, 0) is 16.1 Å². The molecule has 1 rings (SSSR count). The molecule has 1 aromatic carbocycles. The second-order valence-electron chi connectivity index (χ2n) is 3.68. The van der Waals surface area contributed by atoms with Crippen LogP contribution in [0.15, 0.2) is 24.3 Å². The number of hydrogen-bond acceptors (Lipinski definition) is 2. The number of hydrogen-bond donors (Lipinski definition) is 1. The Morgan fingerprint density at radius 1 is 1.56 bits per heavy atom. The monoisotopic (exact) mass is 242 g/mol. The Kier molecular flexibility index (Phi) is 5.29. The van der Waals surface area contributed by atoms with Crippen molar-refractivity contribution in [2.75, 3.05) is 0 Å². The summed E-state index contributed by atoms with van der Waals surface area (Å²) in [5.41, 5.74) is 0.995. The molecule has 1 atom stereocenters. The third-order valence-corrected chi connectivity index (χ3v) is 2.42. The normalized spacial score (nSPS) is 12.4. The molecule has 0 fully saturated rings. The first-order valence-corrected chi connectivity index (χ1v) is 5.53. The van der Waals surface area contributed by atoms with Gasteiger partial charge in [-0.15, -0.1) is 0 Å². The van der Waals surface area contributed by atoms with Crippen LogP contribution in [0.2, 0.25) is 5.02 Å². The Morgan fingerprint density at radius 3 is 2.94 bits per heavy atom. The lowest BCUT2D eigenvalue weighted by molar-refractivity contribution is -0.137. The van der Waals surface area contributed by atoms with E-state index in [0.717, 1.165) is 5.56 Å². The van der Waals surface area contributed by atoms with Gasteiger partial charge >= 0.3 is 5.97 Å². The highest BCUT2D eigenvalue weighted by molar-refractivity contribution is 6.30. The molecule has 0 aliphatic rings. The lowest BCUT2D eigenvalue weighted by Crippen LogP contribution is -2.10. The van der Waals surface area contributed by atoms with Gasteiger partial charge in [-0.2, -0.15) is 0 Å². The van der Waals surface area contributed by atoms with E-state index in [9.17, 15) is 4.79 Å². The van der Waals surface area contributed by atoms with E-state index < -0.39 is 5.97 Å². The Bertz CT molecular complexity index is 352. The molecule has 4 heteroatoms. The minimum atomic E-state index is -0.793. The van der Waals surface area contributed by atoms with Gasteiger partial charge in [0.1, 0.15) is 0 Å². The summed E-state index contributed by atoms with van der Waals surface area (Å²) in [4.78, 5) is 10.3. The maximum absolute atomic E-state index is 10.3. The van der Waals surface area contributed by atoms with Crippen LogP contribution in [0.5, 0.6) is 0 Å². The lowest BCUT2D eigenvalue weighted by Gasteiger charge is -2.11. The second kappa shape index (κ2) is 6.51. The molecule has 0 aromatic heterocycles. The van der Waals surface area contributed by atoms with Crippen LogP contribution in [-0.4, -0.2) is 17.2 Å². The van der Waals surface area contributed by atoms with Gasteiger partial charge in [0, 0.05) is 11.4 Å². The first-order chi connectivity index (χ1) is 7.58. The minimum absolute atomic E-state index is 0.0601. The van der Waals surface area contributed by atoms with E-state index in [1.54, 1.807) is 6.07 Å². The van der Waals surface area contributed by atoms with Crippen molar-refractivity contribution in [3.63, 3.8) is 0 Å². The number of benzene rings is 1. The molecule has 0 bridgehead atoms. The molecular weight excluding hydrogens is 228 g/mol. The molecule has 1 unspecified atom stereocenters. The number of carboxylic acid groups (broad SMARTS) is 1. The van der Waals surface area contributed by atoms with Gasteiger partial charge in [0.15, 0.2) is 0 Å². The standard InChI is InChI=1S/C12H15ClO3/c1-9(5-6-12(14)15)16-8-10-3-2-4-11(13)7-10/h2-4,7,9H,5-6,8H2,1H3,(H,14,15). The van der Waals surface area contributed by atoms with Crippen molar-refractivity contribution in [3.8, 4) is 0 Å². The van der Waals surface area contributed by atoms with E-state index in [0.29, 0.717) is 18.1 Å². The van der Waals surface area contributed by atoms with Crippen molar-refractivity contribution in [1.82, 2.24) is 0 Å². The van der Waals surface area contributed by atoms with Crippen molar-refractivity contribution in [1.29, 1.82) is 0 Å². The molecule has 1 aromatic rings. The molecular formula is C12H15ClO3. The largest absolute Gasteiger partial charge is 0.481 e. The summed E-state index contributed by atoms with van der Waals surface area (Å²) in [6.45, 7) is 2.33. The molecule has 0 radical (unpaired) electrons. The van der Waals surface area contributed by atoms with Gasteiger partial charge in [-0.05, 0) is 31.0 Å². The highest BCUT2D eigenvalue weighted by atomic mass is 35.5. The number of ether oxygens (including phenoxy) is 1. The fourth-order valence-corrected chi connectivity index (χ4v) is 1.49. The maximum atomic E-state index is 10.3. The highest BCUT2D eigenvalue weighted by Gasteiger charge is 2.06. The molecule has 3 nitrogen and oxygen atoms in total. The topological polar surface area (TPSA) is 46.5 Å². The third-order valence-electron chi connectivity index (χ3n) is 2.19. The molecule has 0 amide bonds. The Balaban J connectivity index is 2.31. The van der Waals surface area contributed by atoms with E-state index in [-0.39, 0.29) is 12.5 Å². The van der Waals surface area contributed by atoms with Gasteiger partial charge in [0.05, 0.1) is 12.7 Å². The van der Waals surface area contributed by atoms with Crippen LogP contribution >= 0.6 is 11.6 Å². The average molecular weight is 243 g/mol. The smallest absolute Gasteiger partial charge is 0.303 e. The van der Waals surface area contributed by atoms with E-state index in [2.05, 4.69) is 0 Å². The fourth-order valence-electron chi connectivity index (χ4n) is 1.28. The minimum Gasteiger partial charge on any atom is -0.481 e. The highest BCUT2D eigenvalue weighted by Crippen LogP contribution is 2.13. The van der Waals surface area contributed by atoms with Crippen LogP contribution < -0.4 is 0 Å². The lowest BCUT2D eigenvalue weighted by atomic mass is 10.2. The van der Waals surface area contributed by atoms with Crippen LogP contribution in [0.4, 0.5) is 0 Å². The zero-order valence-electron chi connectivity index (χ0n) is 9.15. The summed E-state index contributed by atoms with van der Waals surface area (Å²) in [5, 5.41) is 9.19. The SMILES string of the molecule is CC(CCC(=O)O)OCc1cccc(Cl)c1. The molecule has 0 spiro atoms. The van der Waals surface area contributed by atoms with E-state index in [1.807, 2.05) is 25.1 Å². The van der Waals surface area contributed by atoms with E-state index in [4.69, 9.17) is 21.4 Å². The predicted molar refractivity (Wildman–Crippen MR) is 62.6 cm³/mol. The quantitative estimate of drug-likeness (QED) is 0.834. The summed E-state index contributed by atoms with van der Waals surface area (Å²) in [6.07, 6.45) is 0.599. The van der Waals surface area contributed by atoms with Crippen molar-refractivity contribution in [3.05, 3.63) is 34.9 Å². The average Bonchev–Trinajstić information content (AvgIpc) is 2.23.